The highest BCUT2D eigenvalue weighted by molar-refractivity contribution is 7.89. The average Bonchev–Trinajstić information content (AvgIpc) is 2.69. The van der Waals surface area contributed by atoms with Gasteiger partial charge in [-0.25, -0.2) is 12.8 Å². The van der Waals surface area contributed by atoms with E-state index in [1.165, 1.54) is 40.7 Å². The number of halogens is 1. The Bertz CT molecular complexity index is 936. The monoisotopic (exact) mass is 420 g/mol. The highest BCUT2D eigenvalue weighted by Gasteiger charge is 2.32. The van der Waals surface area contributed by atoms with E-state index in [0.29, 0.717) is 31.6 Å². The number of nitrogens with one attached hydrogen (secondary N) is 1. The zero-order valence-electron chi connectivity index (χ0n) is 16.5. The van der Waals surface area contributed by atoms with Crippen molar-refractivity contribution in [1.82, 2.24) is 9.62 Å². The summed E-state index contributed by atoms with van der Waals surface area (Å²) in [4.78, 5) is 12.4. The summed E-state index contributed by atoms with van der Waals surface area (Å²) < 4.78 is 45.6. The van der Waals surface area contributed by atoms with Crippen LogP contribution < -0.4 is 5.32 Å². The van der Waals surface area contributed by atoms with Crippen molar-refractivity contribution in [3.05, 3.63) is 65.5 Å². The van der Waals surface area contributed by atoms with Gasteiger partial charge in [-0.3, -0.25) is 4.79 Å². The van der Waals surface area contributed by atoms with Gasteiger partial charge in [-0.05, 0) is 62.2 Å². The van der Waals surface area contributed by atoms with E-state index in [9.17, 15) is 17.6 Å². The number of carbonyl (C=O) groups is 1. The zero-order valence-corrected chi connectivity index (χ0v) is 17.3. The topological polar surface area (TPSA) is 75.7 Å². The fraction of sp³-hybridized carbons (Fsp3) is 0.381. The molecule has 0 unspecified atom stereocenters. The van der Waals surface area contributed by atoms with Crippen molar-refractivity contribution in [1.29, 1.82) is 0 Å². The molecule has 8 heteroatoms. The smallest absolute Gasteiger partial charge is 0.251 e. The van der Waals surface area contributed by atoms with Crippen molar-refractivity contribution < 1.29 is 22.3 Å². The van der Waals surface area contributed by atoms with E-state index in [4.69, 9.17) is 4.74 Å². The molecule has 1 N–H and O–H groups in total. The zero-order chi connectivity index (χ0) is 21.0. The maximum Gasteiger partial charge on any atom is 0.251 e. The van der Waals surface area contributed by atoms with E-state index in [1.54, 1.807) is 12.1 Å². The molecular formula is C21H25FN2O4S. The third-order valence-electron chi connectivity index (χ3n) is 4.75. The van der Waals surface area contributed by atoms with Gasteiger partial charge in [0.25, 0.3) is 5.91 Å². The molecule has 0 saturated carbocycles. The summed E-state index contributed by atoms with van der Waals surface area (Å²) in [5.74, 6) is -0.585. The molecule has 1 aliphatic heterocycles. The molecule has 1 amide bonds. The molecule has 2 aromatic rings. The second kappa shape index (κ2) is 9.02. The molecule has 156 valence electrons. The van der Waals surface area contributed by atoms with Crippen LogP contribution in [-0.2, 0) is 21.2 Å². The molecule has 1 saturated heterocycles. The van der Waals surface area contributed by atoms with Gasteiger partial charge in [0.05, 0.1) is 17.1 Å². The standard InChI is InChI=1S/C21H25FN2O4S/c1-15-13-24(14-16(2)28-15)29(26,27)20-9-5-18(6-10-20)21(25)23-12-11-17-3-7-19(22)8-4-17/h3-10,15-16H,11-14H2,1-2H3,(H,23,25)/t15-,16+. The number of sulfonamides is 1. The highest BCUT2D eigenvalue weighted by Crippen LogP contribution is 2.21. The van der Waals surface area contributed by atoms with Crippen molar-refractivity contribution in [3.63, 3.8) is 0 Å². The van der Waals surface area contributed by atoms with Crippen LogP contribution in [0.2, 0.25) is 0 Å². The molecule has 2 aromatic carbocycles. The quantitative estimate of drug-likeness (QED) is 0.780. The molecule has 0 bridgehead atoms. The first kappa shape index (κ1) is 21.4. The second-order valence-electron chi connectivity index (χ2n) is 7.24. The fourth-order valence-electron chi connectivity index (χ4n) is 3.33. The summed E-state index contributed by atoms with van der Waals surface area (Å²) in [6, 6.07) is 12.0. The molecule has 1 heterocycles. The first-order valence-corrected chi connectivity index (χ1v) is 11.0. The molecule has 0 aromatic heterocycles. The molecule has 1 aliphatic rings. The van der Waals surface area contributed by atoms with Crippen molar-refractivity contribution >= 4 is 15.9 Å². The third kappa shape index (κ3) is 5.41. The van der Waals surface area contributed by atoms with Crippen molar-refractivity contribution in [2.75, 3.05) is 19.6 Å². The largest absolute Gasteiger partial charge is 0.373 e. The summed E-state index contributed by atoms with van der Waals surface area (Å²) in [6.45, 7) is 4.69. The lowest BCUT2D eigenvalue weighted by Crippen LogP contribution is -2.48. The van der Waals surface area contributed by atoms with Crippen LogP contribution >= 0.6 is 0 Å². The normalized spacial score (nSPS) is 20.4. The Kier molecular flexibility index (Phi) is 6.66. The number of benzene rings is 2. The van der Waals surface area contributed by atoms with Crippen molar-refractivity contribution in [2.45, 2.75) is 37.4 Å². The van der Waals surface area contributed by atoms with Crippen LogP contribution in [0.25, 0.3) is 0 Å². The van der Waals surface area contributed by atoms with E-state index in [2.05, 4.69) is 5.32 Å². The average molecular weight is 421 g/mol. The lowest BCUT2D eigenvalue weighted by atomic mass is 10.1. The van der Waals surface area contributed by atoms with Crippen LogP contribution in [0, 0.1) is 5.82 Å². The molecule has 0 aliphatic carbocycles. The fourth-order valence-corrected chi connectivity index (χ4v) is 4.92. The van der Waals surface area contributed by atoms with Gasteiger partial charge in [-0.1, -0.05) is 12.1 Å². The molecule has 6 nitrogen and oxygen atoms in total. The Morgan fingerprint density at radius 2 is 1.66 bits per heavy atom. The molecular weight excluding hydrogens is 395 g/mol. The lowest BCUT2D eigenvalue weighted by molar-refractivity contribution is -0.0440. The predicted octanol–water partition coefficient (Wildman–Crippen LogP) is 2.60. The number of amides is 1. The van der Waals surface area contributed by atoms with E-state index in [0.717, 1.165) is 5.56 Å². The minimum Gasteiger partial charge on any atom is -0.373 e. The minimum absolute atomic E-state index is 0.154. The molecule has 3 rings (SSSR count). The first-order valence-electron chi connectivity index (χ1n) is 9.54. The van der Waals surface area contributed by atoms with Crippen LogP contribution in [0.4, 0.5) is 4.39 Å². The maximum atomic E-state index is 12.9. The summed E-state index contributed by atoms with van der Waals surface area (Å²) in [5, 5.41) is 2.79. The van der Waals surface area contributed by atoms with Gasteiger partial charge in [-0.2, -0.15) is 4.31 Å². The van der Waals surface area contributed by atoms with Crippen LogP contribution in [0.1, 0.15) is 29.8 Å². The number of ether oxygens (including phenoxy) is 1. The first-order chi connectivity index (χ1) is 13.8. The van der Waals surface area contributed by atoms with Crippen LogP contribution in [-0.4, -0.2) is 50.5 Å². The van der Waals surface area contributed by atoms with E-state index in [-0.39, 0.29) is 28.8 Å². The van der Waals surface area contributed by atoms with Crippen LogP contribution in [0.3, 0.4) is 0 Å². The number of carbonyl (C=O) groups excluding carboxylic acids is 1. The van der Waals surface area contributed by atoms with E-state index < -0.39 is 10.0 Å². The van der Waals surface area contributed by atoms with E-state index in [1.807, 2.05) is 13.8 Å². The van der Waals surface area contributed by atoms with Gasteiger partial charge in [-0.15, -0.1) is 0 Å². The number of hydrogen-bond acceptors (Lipinski definition) is 4. The summed E-state index contributed by atoms with van der Waals surface area (Å²) >= 11 is 0. The Morgan fingerprint density at radius 3 is 2.24 bits per heavy atom. The van der Waals surface area contributed by atoms with Crippen molar-refractivity contribution in [2.24, 2.45) is 0 Å². The summed E-state index contributed by atoms with van der Waals surface area (Å²) in [6.07, 6.45) is 0.241. The molecule has 0 radical (unpaired) electrons. The SMILES string of the molecule is C[C@@H]1CN(S(=O)(=O)c2ccc(C(=O)NCCc3ccc(F)cc3)cc2)C[C@H](C)O1. The maximum absolute atomic E-state index is 12.9. The Balaban J connectivity index is 1.60. The number of nitrogens with zero attached hydrogens (tertiary/aromatic N) is 1. The van der Waals surface area contributed by atoms with Gasteiger partial charge in [0.2, 0.25) is 10.0 Å². The Morgan fingerprint density at radius 1 is 1.07 bits per heavy atom. The molecule has 29 heavy (non-hydrogen) atoms. The summed E-state index contributed by atoms with van der Waals surface area (Å²) in [5.41, 5.74) is 1.30. The van der Waals surface area contributed by atoms with E-state index >= 15 is 0 Å². The summed E-state index contributed by atoms with van der Waals surface area (Å²) in [7, 11) is -3.64. The molecule has 0 spiro atoms. The highest BCUT2D eigenvalue weighted by atomic mass is 32.2. The van der Waals surface area contributed by atoms with Gasteiger partial charge in [0, 0.05) is 25.2 Å². The number of rotatable bonds is 6. The molecule has 2 atom stereocenters. The van der Waals surface area contributed by atoms with Crippen LogP contribution in [0.5, 0.6) is 0 Å². The Labute approximate surface area is 170 Å². The molecule has 1 fully saturated rings. The van der Waals surface area contributed by atoms with Gasteiger partial charge < -0.3 is 10.1 Å². The third-order valence-corrected chi connectivity index (χ3v) is 6.60. The van der Waals surface area contributed by atoms with Gasteiger partial charge in [0.15, 0.2) is 0 Å². The van der Waals surface area contributed by atoms with Gasteiger partial charge in [0.1, 0.15) is 5.82 Å². The van der Waals surface area contributed by atoms with Gasteiger partial charge >= 0.3 is 0 Å². The van der Waals surface area contributed by atoms with Crippen molar-refractivity contribution in [3.8, 4) is 0 Å². The number of morpholine rings is 1. The lowest BCUT2D eigenvalue weighted by Gasteiger charge is -2.34. The number of hydrogen-bond donors (Lipinski definition) is 1. The van der Waals surface area contributed by atoms with Crippen LogP contribution in [0.15, 0.2) is 53.4 Å². The predicted molar refractivity (Wildman–Crippen MR) is 108 cm³/mol. The Hall–Kier alpha value is -2.29. The second-order valence-corrected chi connectivity index (χ2v) is 9.17. The minimum atomic E-state index is -3.64.